The molecule has 4 rings (SSSR count). The molecule has 0 fully saturated rings. The van der Waals surface area contributed by atoms with E-state index >= 15 is 0 Å². The Labute approximate surface area is 226 Å². The Kier molecular flexibility index (Phi) is 8.15. The smallest absolute Gasteiger partial charge is 0.242 e. The molecule has 3 aromatic rings. The normalized spacial score (nSPS) is 16.1. The predicted molar refractivity (Wildman–Crippen MR) is 146 cm³/mol. The molecule has 1 unspecified atom stereocenters. The highest BCUT2D eigenvalue weighted by molar-refractivity contribution is 7.93. The number of rotatable bonds is 9. The fourth-order valence-corrected chi connectivity index (χ4v) is 7.16. The van der Waals surface area contributed by atoms with Crippen LogP contribution in [-0.2, 0) is 19.9 Å². The molecule has 0 radical (unpaired) electrons. The lowest BCUT2D eigenvalue weighted by Gasteiger charge is -2.25. The summed E-state index contributed by atoms with van der Waals surface area (Å²) in [5, 5.41) is 7.30. The Balaban J connectivity index is 1.63. The standard InChI is InChI=1S/C25H25Cl2N3O5S2/c1-3-35-20-11-8-17(9-12-20)23-15-19(29-30(23)22-13-10-18(26)14-21(22)27)16-28-37(33,34)25-7-5-4-6-24(25)36(2,31)32/h4-14,23,28H,3,15-16H2,1-2H3. The third-order valence-electron chi connectivity index (χ3n) is 5.71. The molecular formula is C25H25Cl2N3O5S2. The minimum Gasteiger partial charge on any atom is -0.494 e. The summed E-state index contributed by atoms with van der Waals surface area (Å²) in [6.07, 6.45) is 1.38. The fourth-order valence-electron chi connectivity index (χ4n) is 4.02. The van der Waals surface area contributed by atoms with Crippen LogP contribution in [0.2, 0.25) is 10.0 Å². The highest BCUT2D eigenvalue weighted by Crippen LogP contribution is 2.40. The first-order chi connectivity index (χ1) is 17.5. The van der Waals surface area contributed by atoms with Crippen LogP contribution in [0.25, 0.3) is 0 Å². The summed E-state index contributed by atoms with van der Waals surface area (Å²) in [6, 6.07) is 17.9. The van der Waals surface area contributed by atoms with Gasteiger partial charge in [0.15, 0.2) is 9.84 Å². The molecule has 0 aliphatic carbocycles. The van der Waals surface area contributed by atoms with Gasteiger partial charge in [0.2, 0.25) is 10.0 Å². The largest absolute Gasteiger partial charge is 0.494 e. The zero-order chi connectivity index (χ0) is 26.8. The van der Waals surface area contributed by atoms with Gasteiger partial charge in [0.25, 0.3) is 0 Å². The molecule has 196 valence electrons. The van der Waals surface area contributed by atoms with E-state index in [0.29, 0.717) is 34.5 Å². The Bertz CT molecular complexity index is 1540. The Morgan fingerprint density at radius 1 is 1.00 bits per heavy atom. The first-order valence-corrected chi connectivity index (χ1v) is 15.4. The van der Waals surface area contributed by atoms with Crippen LogP contribution in [0, 0.1) is 0 Å². The molecule has 0 amide bonds. The zero-order valence-corrected chi connectivity index (χ0v) is 23.2. The summed E-state index contributed by atoms with van der Waals surface area (Å²) >= 11 is 12.6. The molecule has 1 aliphatic heterocycles. The van der Waals surface area contributed by atoms with Gasteiger partial charge in [0.1, 0.15) is 10.6 Å². The summed E-state index contributed by atoms with van der Waals surface area (Å²) in [5.41, 5.74) is 2.09. The molecule has 8 nitrogen and oxygen atoms in total. The number of anilines is 1. The van der Waals surface area contributed by atoms with Crippen molar-refractivity contribution in [2.45, 2.75) is 29.2 Å². The number of nitrogens with one attached hydrogen (secondary N) is 1. The van der Waals surface area contributed by atoms with E-state index in [1.165, 1.54) is 24.3 Å². The quantitative estimate of drug-likeness (QED) is 0.377. The number of halogens is 2. The van der Waals surface area contributed by atoms with E-state index < -0.39 is 19.9 Å². The second-order valence-electron chi connectivity index (χ2n) is 8.37. The van der Waals surface area contributed by atoms with Crippen molar-refractivity contribution in [2.75, 3.05) is 24.4 Å². The Morgan fingerprint density at radius 3 is 2.30 bits per heavy atom. The van der Waals surface area contributed by atoms with Crippen LogP contribution in [0.1, 0.15) is 24.9 Å². The van der Waals surface area contributed by atoms with Crippen molar-refractivity contribution in [3.05, 3.63) is 82.3 Å². The van der Waals surface area contributed by atoms with Gasteiger partial charge in [0.05, 0.1) is 40.5 Å². The summed E-state index contributed by atoms with van der Waals surface area (Å²) in [7, 11) is -7.89. The Morgan fingerprint density at radius 2 is 1.68 bits per heavy atom. The third kappa shape index (κ3) is 6.27. The van der Waals surface area contributed by atoms with Gasteiger partial charge < -0.3 is 4.74 Å². The van der Waals surface area contributed by atoms with E-state index in [2.05, 4.69) is 9.82 Å². The maximum atomic E-state index is 13.1. The second-order valence-corrected chi connectivity index (χ2v) is 12.9. The van der Waals surface area contributed by atoms with Crippen LogP contribution in [0.3, 0.4) is 0 Å². The van der Waals surface area contributed by atoms with E-state index in [0.717, 1.165) is 17.6 Å². The number of sulfonamides is 1. The van der Waals surface area contributed by atoms with Crippen molar-refractivity contribution in [1.82, 2.24) is 4.72 Å². The molecule has 0 spiro atoms. The fraction of sp³-hybridized carbons (Fsp3) is 0.240. The highest BCUT2D eigenvalue weighted by Gasteiger charge is 2.32. The van der Waals surface area contributed by atoms with Crippen LogP contribution in [0.15, 0.2) is 81.6 Å². The maximum Gasteiger partial charge on any atom is 0.242 e. The average Bonchev–Trinajstić information content (AvgIpc) is 3.27. The van der Waals surface area contributed by atoms with E-state index in [4.69, 9.17) is 27.9 Å². The molecule has 0 saturated carbocycles. The zero-order valence-electron chi connectivity index (χ0n) is 20.1. The summed E-state index contributed by atoms with van der Waals surface area (Å²) in [6.45, 7) is 2.34. The van der Waals surface area contributed by atoms with E-state index in [1.54, 1.807) is 23.2 Å². The summed E-state index contributed by atoms with van der Waals surface area (Å²) < 4.78 is 58.4. The van der Waals surface area contributed by atoms with E-state index in [9.17, 15) is 16.8 Å². The van der Waals surface area contributed by atoms with Crippen LogP contribution in [0.5, 0.6) is 5.75 Å². The summed E-state index contributed by atoms with van der Waals surface area (Å²) in [4.78, 5) is -0.575. The predicted octanol–water partition coefficient (Wildman–Crippen LogP) is 5.08. The molecular weight excluding hydrogens is 557 g/mol. The van der Waals surface area contributed by atoms with E-state index in [-0.39, 0.29) is 22.4 Å². The van der Waals surface area contributed by atoms with Crippen molar-refractivity contribution in [1.29, 1.82) is 0 Å². The van der Waals surface area contributed by atoms with Crippen molar-refractivity contribution in [2.24, 2.45) is 5.10 Å². The van der Waals surface area contributed by atoms with E-state index in [1.807, 2.05) is 31.2 Å². The number of nitrogens with zero attached hydrogens (tertiary/aromatic N) is 2. The minimum absolute atomic E-state index is 0.115. The molecule has 0 saturated heterocycles. The molecule has 0 bridgehead atoms. The van der Waals surface area contributed by atoms with Crippen LogP contribution in [-0.4, -0.2) is 42.0 Å². The van der Waals surface area contributed by atoms with Gasteiger partial charge in [-0.3, -0.25) is 5.01 Å². The third-order valence-corrected chi connectivity index (χ3v) is 8.99. The van der Waals surface area contributed by atoms with Crippen LogP contribution >= 0.6 is 23.2 Å². The molecule has 1 atom stereocenters. The van der Waals surface area contributed by atoms with Crippen molar-refractivity contribution in [3.63, 3.8) is 0 Å². The lowest BCUT2D eigenvalue weighted by molar-refractivity contribution is 0.340. The SMILES string of the molecule is CCOc1ccc(C2CC(CNS(=O)(=O)c3ccccc3S(C)(=O)=O)=NN2c2ccc(Cl)cc2Cl)cc1. The molecule has 1 heterocycles. The molecule has 1 aliphatic rings. The summed E-state index contributed by atoms with van der Waals surface area (Å²) in [5.74, 6) is 0.735. The van der Waals surface area contributed by atoms with Gasteiger partial charge in [-0.25, -0.2) is 21.6 Å². The number of hydrogen-bond acceptors (Lipinski definition) is 7. The van der Waals surface area contributed by atoms with Crippen molar-refractivity contribution in [3.8, 4) is 5.75 Å². The van der Waals surface area contributed by atoms with Gasteiger partial charge >= 0.3 is 0 Å². The van der Waals surface area contributed by atoms with Gasteiger partial charge in [0, 0.05) is 17.7 Å². The monoisotopic (exact) mass is 581 g/mol. The van der Waals surface area contributed by atoms with Gasteiger partial charge in [-0.05, 0) is 55.0 Å². The number of hydrogen-bond donors (Lipinski definition) is 1. The van der Waals surface area contributed by atoms with Crippen molar-refractivity contribution >= 4 is 54.5 Å². The number of sulfone groups is 1. The minimum atomic E-state index is -4.14. The number of benzene rings is 3. The molecule has 0 aromatic heterocycles. The number of hydrazone groups is 1. The van der Waals surface area contributed by atoms with Crippen LogP contribution in [0.4, 0.5) is 5.69 Å². The van der Waals surface area contributed by atoms with Gasteiger partial charge in [-0.15, -0.1) is 0 Å². The highest BCUT2D eigenvalue weighted by atomic mass is 35.5. The molecule has 37 heavy (non-hydrogen) atoms. The lowest BCUT2D eigenvalue weighted by Crippen LogP contribution is -2.30. The van der Waals surface area contributed by atoms with Gasteiger partial charge in [-0.1, -0.05) is 47.5 Å². The molecule has 12 heteroatoms. The Hall–Kier alpha value is -2.63. The first-order valence-electron chi connectivity index (χ1n) is 11.3. The number of ether oxygens (including phenoxy) is 1. The lowest BCUT2D eigenvalue weighted by atomic mass is 10.0. The molecule has 3 aromatic carbocycles. The topological polar surface area (TPSA) is 105 Å². The maximum absolute atomic E-state index is 13.1. The molecule has 1 N–H and O–H groups in total. The van der Waals surface area contributed by atoms with Crippen molar-refractivity contribution < 1.29 is 21.6 Å². The average molecular weight is 583 g/mol. The second kappa shape index (κ2) is 11.0. The van der Waals surface area contributed by atoms with Gasteiger partial charge in [-0.2, -0.15) is 5.10 Å². The first kappa shape index (κ1) is 27.4. The van der Waals surface area contributed by atoms with Crippen LogP contribution < -0.4 is 14.5 Å².